The maximum Gasteiger partial charge on any atom is 0.280 e. The Bertz CT molecular complexity index is 112. The number of carbonyl (C=O) groups excluding carboxylic acids is 1. The van der Waals surface area contributed by atoms with Gasteiger partial charge < -0.3 is 10.6 Å². The van der Waals surface area contributed by atoms with Crippen LogP contribution in [0.1, 0.15) is 6.42 Å². The molecule has 1 atom stereocenters. The lowest BCUT2D eigenvalue weighted by Crippen LogP contribution is -2.32. The van der Waals surface area contributed by atoms with Crippen molar-refractivity contribution in [1.82, 2.24) is 10.6 Å². The van der Waals surface area contributed by atoms with E-state index in [9.17, 15) is 4.79 Å². The van der Waals surface area contributed by atoms with Crippen LogP contribution in [0.5, 0.6) is 0 Å². The van der Waals surface area contributed by atoms with E-state index in [1.165, 1.54) is 0 Å². The van der Waals surface area contributed by atoms with Gasteiger partial charge in [-0.15, -0.1) is 0 Å². The van der Waals surface area contributed by atoms with Crippen molar-refractivity contribution in [1.29, 1.82) is 0 Å². The molecule has 0 aromatic heterocycles. The smallest absolute Gasteiger partial charge is 0.280 e. The second-order valence-electron chi connectivity index (χ2n) is 2.11. The van der Waals surface area contributed by atoms with Gasteiger partial charge in [0.15, 0.2) is 0 Å². The van der Waals surface area contributed by atoms with Crippen LogP contribution in [-0.2, 0) is 0 Å². The lowest BCUT2D eigenvalue weighted by atomic mass is 10.3. The molecule has 1 heterocycles. The van der Waals surface area contributed by atoms with E-state index in [4.69, 9.17) is 0 Å². The molecule has 0 aromatic rings. The van der Waals surface area contributed by atoms with E-state index < -0.39 is 0 Å². The van der Waals surface area contributed by atoms with E-state index in [1.54, 1.807) is 22.6 Å². The lowest BCUT2D eigenvalue weighted by molar-refractivity contribution is 0.260. The number of hydrogen-bond donors (Lipinski definition) is 2. The predicted molar refractivity (Wildman–Crippen MR) is 43.8 cm³/mol. The number of hydrogen-bond acceptors (Lipinski definition) is 2. The first-order chi connectivity index (χ1) is 4.29. The van der Waals surface area contributed by atoms with E-state index in [-0.39, 0.29) is 3.91 Å². The van der Waals surface area contributed by atoms with Crippen LogP contribution in [0.3, 0.4) is 0 Å². The quantitative estimate of drug-likeness (QED) is 0.398. The fraction of sp³-hybridized carbons (Fsp3) is 0.800. The van der Waals surface area contributed by atoms with Crippen molar-refractivity contribution in [3.05, 3.63) is 0 Å². The standard InChI is InChI=1S/C5H9IN2O/c6-5(9)8-4-1-2-7-3-4/h4,7H,1-3H2,(H,8,9)/t4-/m1/s1. The van der Waals surface area contributed by atoms with Crippen molar-refractivity contribution in [2.75, 3.05) is 13.1 Å². The third-order valence-electron chi connectivity index (χ3n) is 1.38. The third kappa shape index (κ3) is 2.49. The molecule has 1 amide bonds. The van der Waals surface area contributed by atoms with Gasteiger partial charge in [-0.2, -0.15) is 0 Å². The van der Waals surface area contributed by atoms with Crippen LogP contribution in [-0.4, -0.2) is 23.0 Å². The van der Waals surface area contributed by atoms with Crippen molar-refractivity contribution in [2.45, 2.75) is 12.5 Å². The van der Waals surface area contributed by atoms with Crippen LogP contribution >= 0.6 is 22.6 Å². The summed E-state index contributed by atoms with van der Waals surface area (Å²) >= 11 is 1.75. The minimum Gasteiger partial charge on any atom is -0.343 e. The summed E-state index contributed by atoms with van der Waals surface area (Å²) in [6.07, 6.45) is 1.06. The molecule has 4 heteroatoms. The summed E-state index contributed by atoms with van der Waals surface area (Å²) in [5, 5.41) is 5.99. The van der Waals surface area contributed by atoms with Gasteiger partial charge in [0.1, 0.15) is 0 Å². The Morgan fingerprint density at radius 2 is 2.56 bits per heavy atom. The van der Waals surface area contributed by atoms with Gasteiger partial charge in [-0.1, -0.05) is 0 Å². The van der Waals surface area contributed by atoms with E-state index >= 15 is 0 Å². The first-order valence-corrected chi connectivity index (χ1v) is 4.03. The van der Waals surface area contributed by atoms with Gasteiger partial charge in [-0.25, -0.2) is 0 Å². The Morgan fingerprint density at radius 3 is 3.00 bits per heavy atom. The summed E-state index contributed by atoms with van der Waals surface area (Å²) in [4.78, 5) is 10.4. The average molecular weight is 240 g/mol. The molecule has 52 valence electrons. The van der Waals surface area contributed by atoms with Crippen LogP contribution in [0, 0.1) is 0 Å². The molecule has 0 aromatic carbocycles. The summed E-state index contributed by atoms with van der Waals surface area (Å²) in [6.45, 7) is 1.95. The second kappa shape index (κ2) is 3.36. The number of amides is 1. The molecular formula is C5H9IN2O. The SMILES string of the molecule is O=C(I)N[C@@H]1CCNC1. The van der Waals surface area contributed by atoms with Gasteiger partial charge in [-0.05, 0) is 13.0 Å². The van der Waals surface area contributed by atoms with Crippen LogP contribution in [0.2, 0.25) is 0 Å². The highest BCUT2D eigenvalue weighted by atomic mass is 127. The minimum atomic E-state index is 0.0429. The topological polar surface area (TPSA) is 41.1 Å². The molecule has 1 aliphatic rings. The molecule has 0 bridgehead atoms. The molecule has 0 unspecified atom stereocenters. The van der Waals surface area contributed by atoms with E-state index in [1.807, 2.05) is 0 Å². The highest BCUT2D eigenvalue weighted by molar-refractivity contribution is 14.1. The Labute approximate surface area is 67.7 Å². The van der Waals surface area contributed by atoms with E-state index in [0.29, 0.717) is 6.04 Å². The van der Waals surface area contributed by atoms with Gasteiger partial charge in [0.2, 0.25) is 0 Å². The Morgan fingerprint density at radius 1 is 1.78 bits per heavy atom. The highest BCUT2D eigenvalue weighted by Gasteiger charge is 2.14. The van der Waals surface area contributed by atoms with Crippen molar-refractivity contribution >= 4 is 26.5 Å². The van der Waals surface area contributed by atoms with Crippen LogP contribution in [0.4, 0.5) is 4.79 Å². The van der Waals surface area contributed by atoms with Crippen molar-refractivity contribution in [2.24, 2.45) is 0 Å². The van der Waals surface area contributed by atoms with Crippen LogP contribution in [0.15, 0.2) is 0 Å². The molecule has 0 aliphatic carbocycles. The Balaban J connectivity index is 2.19. The Kier molecular flexibility index (Phi) is 2.71. The molecule has 1 rings (SSSR count). The molecule has 0 saturated carbocycles. The summed E-state index contributed by atoms with van der Waals surface area (Å²) < 4.78 is 0.0429. The summed E-state index contributed by atoms with van der Waals surface area (Å²) in [7, 11) is 0. The van der Waals surface area contributed by atoms with Gasteiger partial charge in [0.05, 0.1) is 0 Å². The van der Waals surface area contributed by atoms with Crippen molar-refractivity contribution < 1.29 is 4.79 Å². The monoisotopic (exact) mass is 240 g/mol. The van der Waals surface area contributed by atoms with Gasteiger partial charge >= 0.3 is 0 Å². The van der Waals surface area contributed by atoms with Gasteiger partial charge in [0.25, 0.3) is 3.91 Å². The molecular weight excluding hydrogens is 231 g/mol. The predicted octanol–water partition coefficient (Wildman–Crippen LogP) is 0.493. The van der Waals surface area contributed by atoms with Crippen molar-refractivity contribution in [3.63, 3.8) is 0 Å². The molecule has 0 spiro atoms. The largest absolute Gasteiger partial charge is 0.343 e. The third-order valence-corrected chi connectivity index (χ3v) is 1.69. The average Bonchev–Trinajstić information content (AvgIpc) is 2.15. The highest BCUT2D eigenvalue weighted by Crippen LogP contribution is 1.98. The maximum atomic E-state index is 10.4. The number of carbonyl (C=O) groups is 1. The first-order valence-electron chi connectivity index (χ1n) is 2.96. The zero-order valence-corrected chi connectivity index (χ0v) is 7.14. The number of rotatable bonds is 1. The molecule has 0 radical (unpaired) electrons. The normalized spacial score (nSPS) is 26.1. The zero-order chi connectivity index (χ0) is 6.69. The van der Waals surface area contributed by atoms with Crippen molar-refractivity contribution in [3.8, 4) is 0 Å². The molecule has 9 heavy (non-hydrogen) atoms. The van der Waals surface area contributed by atoms with E-state index in [2.05, 4.69) is 10.6 Å². The molecule has 1 saturated heterocycles. The minimum absolute atomic E-state index is 0.0429. The fourth-order valence-electron chi connectivity index (χ4n) is 0.938. The van der Waals surface area contributed by atoms with Gasteiger partial charge in [-0.3, -0.25) is 4.79 Å². The maximum absolute atomic E-state index is 10.4. The van der Waals surface area contributed by atoms with Crippen LogP contribution in [0.25, 0.3) is 0 Å². The zero-order valence-electron chi connectivity index (χ0n) is 4.98. The number of halogens is 1. The summed E-state index contributed by atoms with van der Waals surface area (Å²) in [5.41, 5.74) is 0. The van der Waals surface area contributed by atoms with Gasteiger partial charge in [0, 0.05) is 35.2 Å². The molecule has 1 aliphatic heterocycles. The number of nitrogens with one attached hydrogen (secondary N) is 2. The lowest BCUT2D eigenvalue weighted by Gasteiger charge is -2.06. The summed E-state index contributed by atoms with van der Waals surface area (Å²) in [6, 6.07) is 0.370. The molecule has 2 N–H and O–H groups in total. The van der Waals surface area contributed by atoms with Crippen LogP contribution < -0.4 is 10.6 Å². The second-order valence-corrected chi connectivity index (χ2v) is 3.09. The Hall–Kier alpha value is 0.160. The summed E-state index contributed by atoms with van der Waals surface area (Å²) in [5.74, 6) is 0. The van der Waals surface area contributed by atoms with E-state index in [0.717, 1.165) is 19.5 Å². The fourth-order valence-corrected chi connectivity index (χ4v) is 1.38. The molecule has 1 fully saturated rings. The molecule has 3 nitrogen and oxygen atoms in total. The first kappa shape index (κ1) is 7.27.